The first-order chi connectivity index (χ1) is 17.2. The van der Waals surface area contributed by atoms with E-state index in [2.05, 4.69) is 19.2 Å². The standard InChI is InChI=1S/C29H33NO6/c1-18-25(28(32)36-14-13-35-19-9-7-6-8-10-19)26(21-15-20(33-4)11-12-24(21)34-5)27-22(30-18)16-29(2,3)17-23(27)31/h6-12,15,26,30H,13-14,16-17H2,1-5H3/t26-/m0/s1. The number of ether oxygens (including phenoxy) is 4. The monoisotopic (exact) mass is 491 g/mol. The number of carbonyl (C=O) groups excluding carboxylic acids is 2. The predicted octanol–water partition coefficient (Wildman–Crippen LogP) is 4.93. The van der Waals surface area contributed by atoms with Crippen LogP contribution in [0.25, 0.3) is 0 Å². The first-order valence-electron chi connectivity index (χ1n) is 12.0. The molecular weight excluding hydrogens is 458 g/mol. The van der Waals surface area contributed by atoms with Crippen molar-refractivity contribution >= 4 is 11.8 Å². The van der Waals surface area contributed by atoms with Gasteiger partial charge in [-0.2, -0.15) is 0 Å². The van der Waals surface area contributed by atoms with Crippen molar-refractivity contribution in [3.63, 3.8) is 0 Å². The van der Waals surface area contributed by atoms with Crippen LogP contribution >= 0.6 is 0 Å². The van der Waals surface area contributed by atoms with Crippen molar-refractivity contribution in [2.45, 2.75) is 39.5 Å². The molecule has 190 valence electrons. The molecule has 0 fully saturated rings. The molecule has 0 aromatic heterocycles. The van der Waals surface area contributed by atoms with Crippen molar-refractivity contribution in [1.29, 1.82) is 0 Å². The van der Waals surface area contributed by atoms with E-state index in [1.807, 2.05) is 43.3 Å². The van der Waals surface area contributed by atoms with Gasteiger partial charge in [-0.3, -0.25) is 4.79 Å². The molecule has 36 heavy (non-hydrogen) atoms. The Morgan fingerprint density at radius 1 is 1.00 bits per heavy atom. The number of hydrogen-bond acceptors (Lipinski definition) is 7. The van der Waals surface area contributed by atoms with E-state index in [1.54, 1.807) is 26.4 Å². The van der Waals surface area contributed by atoms with Crippen LogP contribution in [0.5, 0.6) is 17.2 Å². The quantitative estimate of drug-likeness (QED) is 0.414. The summed E-state index contributed by atoms with van der Waals surface area (Å²) in [5.41, 5.74) is 2.97. The van der Waals surface area contributed by atoms with Gasteiger partial charge in [0.25, 0.3) is 0 Å². The Labute approximate surface area is 212 Å². The normalized spacial score (nSPS) is 18.8. The van der Waals surface area contributed by atoms with E-state index >= 15 is 0 Å². The Hall–Kier alpha value is -3.74. The van der Waals surface area contributed by atoms with Crippen LogP contribution in [0.3, 0.4) is 0 Å². The zero-order valence-corrected chi connectivity index (χ0v) is 21.5. The lowest BCUT2D eigenvalue weighted by atomic mass is 9.68. The lowest BCUT2D eigenvalue weighted by Gasteiger charge is -2.39. The molecule has 1 aliphatic heterocycles. The molecule has 0 saturated heterocycles. The molecule has 0 spiro atoms. The number of benzene rings is 2. The maximum absolute atomic E-state index is 13.5. The lowest BCUT2D eigenvalue weighted by molar-refractivity contribution is -0.140. The van der Waals surface area contributed by atoms with Crippen molar-refractivity contribution < 1.29 is 28.5 Å². The van der Waals surface area contributed by atoms with Crippen molar-refractivity contribution in [2.24, 2.45) is 5.41 Å². The van der Waals surface area contributed by atoms with Crippen molar-refractivity contribution in [3.05, 3.63) is 76.6 Å². The SMILES string of the molecule is COc1ccc(OC)c([C@H]2C(C(=O)OCCOc3ccccc3)=C(C)NC3=C2C(=O)CC(C)(C)C3)c1. The van der Waals surface area contributed by atoms with E-state index in [0.717, 1.165) is 5.70 Å². The number of carbonyl (C=O) groups is 2. The van der Waals surface area contributed by atoms with Gasteiger partial charge in [0.05, 0.1) is 25.7 Å². The lowest BCUT2D eigenvalue weighted by Crippen LogP contribution is -2.39. The van der Waals surface area contributed by atoms with Crippen molar-refractivity contribution in [2.75, 3.05) is 27.4 Å². The summed E-state index contributed by atoms with van der Waals surface area (Å²) in [7, 11) is 3.15. The zero-order valence-electron chi connectivity index (χ0n) is 21.5. The first kappa shape index (κ1) is 25.4. The van der Waals surface area contributed by atoms with Crippen LogP contribution < -0.4 is 19.5 Å². The Balaban J connectivity index is 1.68. The average molecular weight is 492 g/mol. The fourth-order valence-corrected chi connectivity index (χ4v) is 4.97. The van der Waals surface area contributed by atoms with Gasteiger partial charge in [-0.25, -0.2) is 4.79 Å². The van der Waals surface area contributed by atoms with E-state index in [9.17, 15) is 9.59 Å². The number of Topliss-reactive ketones (excluding diaryl/α,β-unsaturated/α-hetero) is 1. The molecule has 2 aromatic carbocycles. The van der Waals surface area contributed by atoms with Gasteiger partial charge in [-0.15, -0.1) is 0 Å². The highest BCUT2D eigenvalue weighted by atomic mass is 16.6. The van der Waals surface area contributed by atoms with Crippen LogP contribution in [-0.4, -0.2) is 39.2 Å². The summed E-state index contributed by atoms with van der Waals surface area (Å²) in [5, 5.41) is 3.35. The van der Waals surface area contributed by atoms with E-state index in [1.165, 1.54) is 0 Å². The zero-order chi connectivity index (χ0) is 25.9. The summed E-state index contributed by atoms with van der Waals surface area (Å²) in [6.45, 7) is 6.27. The maximum Gasteiger partial charge on any atom is 0.336 e. The molecule has 1 heterocycles. The number of methoxy groups -OCH3 is 2. The molecular formula is C29H33NO6. The smallest absolute Gasteiger partial charge is 0.336 e. The highest BCUT2D eigenvalue weighted by Gasteiger charge is 2.44. The third-order valence-corrected chi connectivity index (χ3v) is 6.54. The van der Waals surface area contributed by atoms with Crippen LogP contribution in [0.1, 0.15) is 45.1 Å². The second-order valence-corrected chi connectivity index (χ2v) is 9.84. The molecule has 0 bridgehead atoms. The number of allylic oxidation sites excluding steroid dienone is 3. The van der Waals surface area contributed by atoms with Crippen LogP contribution in [0.2, 0.25) is 0 Å². The highest BCUT2D eigenvalue weighted by Crippen LogP contribution is 2.49. The number of dihydropyridines is 1. The number of nitrogens with one attached hydrogen (secondary N) is 1. The molecule has 1 aliphatic carbocycles. The molecule has 0 unspecified atom stereocenters. The number of para-hydroxylation sites is 1. The topological polar surface area (TPSA) is 83.1 Å². The van der Waals surface area contributed by atoms with Crippen LogP contribution in [0.4, 0.5) is 0 Å². The summed E-state index contributed by atoms with van der Waals surface area (Å²) in [6.07, 6.45) is 1.09. The third kappa shape index (κ3) is 5.25. The van der Waals surface area contributed by atoms with Gasteiger partial charge >= 0.3 is 5.97 Å². The minimum Gasteiger partial charge on any atom is -0.497 e. The van der Waals surface area contributed by atoms with Crippen molar-refractivity contribution in [3.8, 4) is 17.2 Å². The second-order valence-electron chi connectivity index (χ2n) is 9.84. The first-order valence-corrected chi connectivity index (χ1v) is 12.0. The third-order valence-electron chi connectivity index (χ3n) is 6.54. The maximum atomic E-state index is 13.5. The van der Waals surface area contributed by atoms with Gasteiger partial charge in [-0.05, 0) is 49.1 Å². The fourth-order valence-electron chi connectivity index (χ4n) is 4.97. The van der Waals surface area contributed by atoms with Crippen LogP contribution in [0.15, 0.2) is 71.1 Å². The number of ketones is 1. The minimum absolute atomic E-state index is 0.00818. The minimum atomic E-state index is -0.641. The molecule has 7 heteroatoms. The van der Waals surface area contributed by atoms with Crippen LogP contribution in [0, 0.1) is 5.41 Å². The summed E-state index contributed by atoms with van der Waals surface area (Å²) in [6, 6.07) is 14.8. The molecule has 7 nitrogen and oxygen atoms in total. The van der Waals surface area contributed by atoms with Gasteiger partial charge < -0.3 is 24.3 Å². The van der Waals surface area contributed by atoms with Gasteiger partial charge in [-0.1, -0.05) is 32.0 Å². The summed E-state index contributed by atoms with van der Waals surface area (Å²) in [4.78, 5) is 27.0. The molecule has 1 atom stereocenters. The van der Waals surface area contributed by atoms with Gasteiger partial charge in [0.15, 0.2) is 5.78 Å². The molecule has 2 aromatic rings. The second kappa shape index (κ2) is 10.5. The summed E-state index contributed by atoms with van der Waals surface area (Å²) in [5.74, 6) is 0.740. The van der Waals surface area contributed by atoms with Crippen molar-refractivity contribution in [1.82, 2.24) is 5.32 Å². The Morgan fingerprint density at radius 3 is 2.44 bits per heavy atom. The van der Waals surface area contributed by atoms with E-state index < -0.39 is 11.9 Å². The number of rotatable bonds is 8. The predicted molar refractivity (Wildman–Crippen MR) is 136 cm³/mol. The largest absolute Gasteiger partial charge is 0.497 e. The molecule has 0 radical (unpaired) electrons. The van der Waals surface area contributed by atoms with Gasteiger partial charge in [0, 0.05) is 29.0 Å². The molecule has 0 amide bonds. The van der Waals surface area contributed by atoms with Gasteiger partial charge in [0.2, 0.25) is 0 Å². The Kier molecular flexibility index (Phi) is 7.38. The van der Waals surface area contributed by atoms with E-state index in [0.29, 0.717) is 52.5 Å². The Bertz CT molecular complexity index is 1210. The average Bonchev–Trinajstić information content (AvgIpc) is 2.85. The molecule has 0 saturated carbocycles. The highest BCUT2D eigenvalue weighted by molar-refractivity contribution is 6.04. The summed E-state index contributed by atoms with van der Waals surface area (Å²) >= 11 is 0. The molecule has 4 rings (SSSR count). The Morgan fingerprint density at radius 2 is 1.75 bits per heavy atom. The van der Waals surface area contributed by atoms with Gasteiger partial charge in [0.1, 0.15) is 30.5 Å². The number of esters is 1. The van der Waals surface area contributed by atoms with E-state index in [4.69, 9.17) is 18.9 Å². The van der Waals surface area contributed by atoms with E-state index in [-0.39, 0.29) is 24.4 Å². The van der Waals surface area contributed by atoms with Crippen LogP contribution in [-0.2, 0) is 14.3 Å². The summed E-state index contributed by atoms with van der Waals surface area (Å²) < 4.78 is 22.4. The fraction of sp³-hybridized carbons (Fsp3) is 0.379. The molecule has 1 N–H and O–H groups in total. The molecule has 2 aliphatic rings. The number of hydrogen-bond donors (Lipinski definition) is 1.